The SMILES string of the molecule is CC(=O)N(c1c(C)cccc1C)c1c(-c2cccc(Oc3ccc(Cl)cc3)c2)nc2ccccn12. The number of para-hydroxylation sites is 1. The van der Waals surface area contributed by atoms with Crippen molar-refractivity contribution in [2.24, 2.45) is 0 Å². The molecule has 2 aromatic heterocycles. The topological polar surface area (TPSA) is 46.8 Å². The molecule has 0 aliphatic carbocycles. The minimum Gasteiger partial charge on any atom is -0.457 e. The number of hydrogen-bond donors (Lipinski definition) is 0. The molecule has 35 heavy (non-hydrogen) atoms. The summed E-state index contributed by atoms with van der Waals surface area (Å²) in [6.45, 7) is 5.61. The van der Waals surface area contributed by atoms with Crippen LogP contribution in [0.15, 0.2) is 91.1 Å². The van der Waals surface area contributed by atoms with E-state index in [1.54, 1.807) is 24.0 Å². The summed E-state index contributed by atoms with van der Waals surface area (Å²) in [4.78, 5) is 19.8. The number of carbonyl (C=O) groups excluding carboxylic acids is 1. The maximum Gasteiger partial charge on any atom is 0.229 e. The predicted molar refractivity (Wildman–Crippen MR) is 141 cm³/mol. The summed E-state index contributed by atoms with van der Waals surface area (Å²) in [6, 6.07) is 26.8. The van der Waals surface area contributed by atoms with Crippen molar-refractivity contribution in [3.8, 4) is 22.8 Å². The molecule has 1 amide bonds. The number of aromatic nitrogens is 2. The van der Waals surface area contributed by atoms with E-state index in [1.165, 1.54) is 0 Å². The summed E-state index contributed by atoms with van der Waals surface area (Å²) in [7, 11) is 0. The molecule has 2 heterocycles. The number of anilines is 2. The molecular weight excluding hydrogens is 458 g/mol. The van der Waals surface area contributed by atoms with Gasteiger partial charge >= 0.3 is 0 Å². The highest BCUT2D eigenvalue weighted by Gasteiger charge is 2.26. The van der Waals surface area contributed by atoms with Crippen LogP contribution in [-0.4, -0.2) is 15.3 Å². The number of ether oxygens (including phenoxy) is 1. The zero-order valence-electron chi connectivity index (χ0n) is 19.7. The van der Waals surface area contributed by atoms with Crippen molar-refractivity contribution in [3.05, 3.63) is 107 Å². The number of rotatable bonds is 5. The third kappa shape index (κ3) is 4.38. The number of benzene rings is 3. The van der Waals surface area contributed by atoms with Gasteiger partial charge in [-0.25, -0.2) is 4.98 Å². The lowest BCUT2D eigenvalue weighted by Gasteiger charge is -2.25. The van der Waals surface area contributed by atoms with Gasteiger partial charge < -0.3 is 4.74 Å². The average molecular weight is 482 g/mol. The first-order valence-electron chi connectivity index (χ1n) is 11.3. The highest BCUT2D eigenvalue weighted by Crippen LogP contribution is 2.39. The molecule has 0 aliphatic heterocycles. The number of fused-ring (bicyclic) bond motifs is 1. The van der Waals surface area contributed by atoms with E-state index in [4.69, 9.17) is 21.3 Å². The Morgan fingerprint density at radius 1 is 0.886 bits per heavy atom. The van der Waals surface area contributed by atoms with Gasteiger partial charge in [0.15, 0.2) is 5.82 Å². The van der Waals surface area contributed by atoms with E-state index in [-0.39, 0.29) is 5.91 Å². The molecule has 0 saturated heterocycles. The number of carbonyl (C=O) groups is 1. The number of nitrogens with zero attached hydrogens (tertiary/aromatic N) is 3. The van der Waals surface area contributed by atoms with Crippen LogP contribution in [0.1, 0.15) is 18.1 Å². The molecule has 6 heteroatoms. The maximum absolute atomic E-state index is 13.2. The molecule has 174 valence electrons. The second kappa shape index (κ2) is 9.28. The normalized spacial score (nSPS) is 11.0. The number of hydrogen-bond acceptors (Lipinski definition) is 3. The van der Waals surface area contributed by atoms with Crippen molar-refractivity contribution in [1.29, 1.82) is 0 Å². The third-order valence-electron chi connectivity index (χ3n) is 5.85. The fraction of sp³-hybridized carbons (Fsp3) is 0.103. The molecule has 0 fully saturated rings. The van der Waals surface area contributed by atoms with Crippen molar-refractivity contribution in [2.45, 2.75) is 20.8 Å². The Hall–Kier alpha value is -4.09. The van der Waals surface area contributed by atoms with E-state index in [9.17, 15) is 4.79 Å². The summed E-state index contributed by atoms with van der Waals surface area (Å²) in [5.41, 5.74) is 5.16. The summed E-state index contributed by atoms with van der Waals surface area (Å²) in [5.74, 6) is 1.94. The van der Waals surface area contributed by atoms with Crippen molar-refractivity contribution in [3.63, 3.8) is 0 Å². The minimum absolute atomic E-state index is 0.0946. The van der Waals surface area contributed by atoms with Gasteiger partial charge in [-0.05, 0) is 73.5 Å². The summed E-state index contributed by atoms with van der Waals surface area (Å²) < 4.78 is 8.02. The highest BCUT2D eigenvalue weighted by molar-refractivity contribution is 6.30. The largest absolute Gasteiger partial charge is 0.457 e. The number of imidazole rings is 1. The van der Waals surface area contributed by atoms with Crippen LogP contribution in [-0.2, 0) is 4.79 Å². The third-order valence-corrected chi connectivity index (χ3v) is 6.10. The summed E-state index contributed by atoms with van der Waals surface area (Å²) in [5, 5.41) is 0.649. The quantitative estimate of drug-likeness (QED) is 0.258. The molecule has 0 unspecified atom stereocenters. The van der Waals surface area contributed by atoms with E-state index < -0.39 is 0 Å². The van der Waals surface area contributed by atoms with Gasteiger partial charge in [0.2, 0.25) is 5.91 Å². The van der Waals surface area contributed by atoms with Crippen LogP contribution >= 0.6 is 11.6 Å². The summed E-state index contributed by atoms with van der Waals surface area (Å²) >= 11 is 6.01. The lowest BCUT2D eigenvalue weighted by Crippen LogP contribution is -2.26. The van der Waals surface area contributed by atoms with Crippen LogP contribution < -0.4 is 9.64 Å². The molecule has 0 bridgehead atoms. The predicted octanol–water partition coefficient (Wildman–Crippen LogP) is 7.75. The van der Waals surface area contributed by atoms with Crippen LogP contribution in [0.4, 0.5) is 11.5 Å². The summed E-state index contributed by atoms with van der Waals surface area (Å²) in [6.07, 6.45) is 1.93. The lowest BCUT2D eigenvalue weighted by molar-refractivity contribution is -0.115. The smallest absolute Gasteiger partial charge is 0.229 e. The Kier molecular flexibility index (Phi) is 6.01. The van der Waals surface area contributed by atoms with Gasteiger partial charge in [0.05, 0.1) is 5.69 Å². The molecule has 0 saturated carbocycles. The molecule has 3 aromatic carbocycles. The fourth-order valence-corrected chi connectivity index (χ4v) is 4.43. The number of pyridine rings is 1. The van der Waals surface area contributed by atoms with Crippen LogP contribution in [0, 0.1) is 13.8 Å². The van der Waals surface area contributed by atoms with Crippen LogP contribution in [0.5, 0.6) is 11.5 Å². The second-order valence-electron chi connectivity index (χ2n) is 8.39. The first-order chi connectivity index (χ1) is 16.9. The van der Waals surface area contributed by atoms with Gasteiger partial charge in [0, 0.05) is 23.7 Å². The number of aryl methyl sites for hydroxylation is 2. The van der Waals surface area contributed by atoms with Gasteiger partial charge in [-0.1, -0.05) is 48.0 Å². The lowest BCUT2D eigenvalue weighted by atomic mass is 10.1. The van der Waals surface area contributed by atoms with Crippen molar-refractivity contribution >= 4 is 34.7 Å². The zero-order valence-corrected chi connectivity index (χ0v) is 20.5. The number of amides is 1. The molecule has 0 aliphatic rings. The Morgan fingerprint density at radius 3 is 2.31 bits per heavy atom. The molecule has 0 atom stereocenters. The second-order valence-corrected chi connectivity index (χ2v) is 8.83. The van der Waals surface area contributed by atoms with Crippen LogP contribution in [0.25, 0.3) is 16.9 Å². The van der Waals surface area contributed by atoms with Crippen LogP contribution in [0.2, 0.25) is 5.02 Å². The molecule has 5 rings (SSSR count). The standard InChI is InChI=1S/C29H24ClN3O2/c1-19-8-6-9-20(2)28(19)33(21(3)34)29-27(31-26-12-4-5-17-32(26)29)22-10-7-11-25(18-22)35-24-15-13-23(30)14-16-24/h4-18H,1-3H3. The van der Waals surface area contributed by atoms with Gasteiger partial charge in [-0.3, -0.25) is 14.1 Å². The Balaban J connectivity index is 1.69. The van der Waals surface area contributed by atoms with Gasteiger partial charge in [-0.15, -0.1) is 0 Å². The molecule has 0 N–H and O–H groups in total. The molecular formula is C29H24ClN3O2. The van der Waals surface area contributed by atoms with Crippen molar-refractivity contribution in [1.82, 2.24) is 9.38 Å². The average Bonchev–Trinajstić information content (AvgIpc) is 3.22. The maximum atomic E-state index is 13.2. The van der Waals surface area contributed by atoms with Crippen LogP contribution in [0.3, 0.4) is 0 Å². The molecule has 5 nitrogen and oxygen atoms in total. The van der Waals surface area contributed by atoms with E-state index in [0.29, 0.717) is 28.0 Å². The monoisotopic (exact) mass is 481 g/mol. The van der Waals surface area contributed by atoms with Gasteiger partial charge in [-0.2, -0.15) is 0 Å². The molecule has 0 radical (unpaired) electrons. The Bertz CT molecular complexity index is 1520. The molecule has 0 spiro atoms. The molecule has 5 aromatic rings. The van der Waals surface area contributed by atoms with Crippen molar-refractivity contribution in [2.75, 3.05) is 4.90 Å². The van der Waals surface area contributed by atoms with Crippen molar-refractivity contribution < 1.29 is 9.53 Å². The van der Waals surface area contributed by atoms with Gasteiger partial charge in [0.25, 0.3) is 0 Å². The fourth-order valence-electron chi connectivity index (χ4n) is 4.31. The first kappa shape index (κ1) is 22.7. The Morgan fingerprint density at radius 2 is 1.60 bits per heavy atom. The Labute approximate surface area is 209 Å². The first-order valence-corrected chi connectivity index (χ1v) is 11.7. The number of halogens is 1. The van der Waals surface area contributed by atoms with E-state index in [0.717, 1.165) is 28.0 Å². The minimum atomic E-state index is -0.0946. The van der Waals surface area contributed by atoms with E-state index in [2.05, 4.69) is 0 Å². The highest BCUT2D eigenvalue weighted by atomic mass is 35.5. The zero-order chi connectivity index (χ0) is 24.5. The van der Waals surface area contributed by atoms with E-state index >= 15 is 0 Å². The van der Waals surface area contributed by atoms with Gasteiger partial charge in [0.1, 0.15) is 22.8 Å². The van der Waals surface area contributed by atoms with E-state index in [1.807, 2.05) is 97.2 Å².